The van der Waals surface area contributed by atoms with Crippen LogP contribution in [0.4, 0.5) is 0 Å². The molecule has 3 rings (SSSR count). The van der Waals surface area contributed by atoms with Gasteiger partial charge in [-0.15, -0.1) is 0 Å². The summed E-state index contributed by atoms with van der Waals surface area (Å²) in [7, 11) is 0. The van der Waals surface area contributed by atoms with E-state index in [4.69, 9.17) is 0 Å². The number of amides is 1. The van der Waals surface area contributed by atoms with Gasteiger partial charge in [-0.2, -0.15) is 0 Å². The van der Waals surface area contributed by atoms with Gasteiger partial charge in [0, 0.05) is 11.6 Å². The van der Waals surface area contributed by atoms with E-state index in [9.17, 15) is 9.90 Å². The third-order valence-electron chi connectivity index (χ3n) is 3.22. The fraction of sp³-hybridized carbons (Fsp3) is 0.0625. The Morgan fingerprint density at radius 3 is 2.81 bits per heavy atom. The molecule has 5 heteroatoms. The SMILES string of the molecule is O=C(NCc1ccncn1)c1ccc2ccccc2c1O. The first-order chi connectivity index (χ1) is 10.3. The molecule has 0 aliphatic carbocycles. The molecule has 0 bridgehead atoms. The molecular formula is C16H13N3O2. The lowest BCUT2D eigenvalue weighted by Gasteiger charge is -2.08. The number of nitrogens with zero attached hydrogens (tertiary/aromatic N) is 2. The Balaban J connectivity index is 1.83. The minimum Gasteiger partial charge on any atom is -0.506 e. The van der Waals surface area contributed by atoms with Gasteiger partial charge in [-0.25, -0.2) is 9.97 Å². The summed E-state index contributed by atoms with van der Waals surface area (Å²) in [5, 5.41) is 14.5. The van der Waals surface area contributed by atoms with Crippen molar-refractivity contribution in [1.29, 1.82) is 0 Å². The maximum absolute atomic E-state index is 12.2. The number of nitrogens with one attached hydrogen (secondary N) is 1. The first-order valence-electron chi connectivity index (χ1n) is 6.49. The Labute approximate surface area is 121 Å². The van der Waals surface area contributed by atoms with Crippen LogP contribution in [0.3, 0.4) is 0 Å². The number of aromatic hydroxyl groups is 1. The van der Waals surface area contributed by atoms with Crippen molar-refractivity contribution in [3.8, 4) is 5.75 Å². The minimum atomic E-state index is -0.336. The summed E-state index contributed by atoms with van der Waals surface area (Å²) >= 11 is 0. The molecule has 0 unspecified atom stereocenters. The summed E-state index contributed by atoms with van der Waals surface area (Å²) in [6, 6.07) is 12.5. The second-order valence-corrected chi connectivity index (χ2v) is 4.57. The fourth-order valence-electron chi connectivity index (χ4n) is 2.13. The largest absolute Gasteiger partial charge is 0.506 e. The Hall–Kier alpha value is -2.95. The predicted octanol–water partition coefficient (Wildman–Crippen LogP) is 2.27. The van der Waals surface area contributed by atoms with Crippen molar-refractivity contribution in [3.63, 3.8) is 0 Å². The number of hydrogen-bond acceptors (Lipinski definition) is 4. The van der Waals surface area contributed by atoms with Gasteiger partial charge in [-0.3, -0.25) is 4.79 Å². The highest BCUT2D eigenvalue weighted by Crippen LogP contribution is 2.28. The van der Waals surface area contributed by atoms with Crippen molar-refractivity contribution in [3.05, 3.63) is 66.2 Å². The number of benzene rings is 2. The zero-order valence-electron chi connectivity index (χ0n) is 11.2. The van der Waals surface area contributed by atoms with Crippen LogP contribution in [-0.4, -0.2) is 21.0 Å². The normalized spacial score (nSPS) is 10.5. The Morgan fingerprint density at radius 1 is 1.14 bits per heavy atom. The predicted molar refractivity (Wildman–Crippen MR) is 78.8 cm³/mol. The Morgan fingerprint density at radius 2 is 2.00 bits per heavy atom. The zero-order chi connectivity index (χ0) is 14.7. The molecule has 0 atom stereocenters. The van der Waals surface area contributed by atoms with Crippen molar-refractivity contribution in [2.24, 2.45) is 0 Å². The van der Waals surface area contributed by atoms with Gasteiger partial charge in [-0.1, -0.05) is 30.3 Å². The van der Waals surface area contributed by atoms with Crippen LogP contribution in [0.5, 0.6) is 5.75 Å². The number of phenols is 1. The van der Waals surface area contributed by atoms with E-state index in [0.717, 1.165) is 5.39 Å². The maximum Gasteiger partial charge on any atom is 0.255 e. The van der Waals surface area contributed by atoms with E-state index < -0.39 is 0 Å². The molecule has 104 valence electrons. The summed E-state index contributed by atoms with van der Waals surface area (Å²) in [5.74, 6) is -0.342. The topological polar surface area (TPSA) is 75.1 Å². The van der Waals surface area contributed by atoms with Gasteiger partial charge in [0.25, 0.3) is 5.91 Å². The lowest BCUT2D eigenvalue weighted by atomic mass is 10.0. The number of aromatic nitrogens is 2. The van der Waals surface area contributed by atoms with Crippen LogP contribution in [0.15, 0.2) is 55.0 Å². The van der Waals surface area contributed by atoms with Crippen LogP contribution in [-0.2, 0) is 6.54 Å². The van der Waals surface area contributed by atoms with Crippen molar-refractivity contribution in [1.82, 2.24) is 15.3 Å². The number of fused-ring (bicyclic) bond motifs is 1. The van der Waals surface area contributed by atoms with E-state index in [2.05, 4.69) is 15.3 Å². The molecule has 0 aliphatic heterocycles. The van der Waals surface area contributed by atoms with E-state index in [1.54, 1.807) is 24.4 Å². The molecule has 0 aliphatic rings. The monoisotopic (exact) mass is 279 g/mol. The smallest absolute Gasteiger partial charge is 0.255 e. The van der Waals surface area contributed by atoms with Gasteiger partial charge in [0.1, 0.15) is 12.1 Å². The van der Waals surface area contributed by atoms with Crippen LogP contribution in [0, 0.1) is 0 Å². The van der Waals surface area contributed by atoms with Crippen LogP contribution in [0.2, 0.25) is 0 Å². The van der Waals surface area contributed by atoms with Crippen molar-refractivity contribution >= 4 is 16.7 Å². The van der Waals surface area contributed by atoms with Gasteiger partial charge in [-0.05, 0) is 17.5 Å². The quantitative estimate of drug-likeness (QED) is 0.771. The summed E-state index contributed by atoms with van der Waals surface area (Å²) in [6.07, 6.45) is 3.04. The molecule has 0 saturated carbocycles. The van der Waals surface area contributed by atoms with E-state index in [-0.39, 0.29) is 23.8 Å². The summed E-state index contributed by atoms with van der Waals surface area (Å²) in [6.45, 7) is 0.285. The van der Waals surface area contributed by atoms with Crippen molar-refractivity contribution in [2.45, 2.75) is 6.54 Å². The molecule has 5 nitrogen and oxygen atoms in total. The van der Waals surface area contributed by atoms with E-state index in [1.807, 2.05) is 24.3 Å². The molecule has 1 aromatic heterocycles. The van der Waals surface area contributed by atoms with E-state index >= 15 is 0 Å². The number of rotatable bonds is 3. The number of phenolic OH excluding ortho intramolecular Hbond substituents is 1. The molecule has 2 aromatic carbocycles. The minimum absolute atomic E-state index is 0.00622. The van der Waals surface area contributed by atoms with Crippen molar-refractivity contribution < 1.29 is 9.90 Å². The first-order valence-corrected chi connectivity index (χ1v) is 6.49. The third-order valence-corrected chi connectivity index (χ3v) is 3.22. The van der Waals surface area contributed by atoms with E-state index in [0.29, 0.717) is 11.1 Å². The van der Waals surface area contributed by atoms with Gasteiger partial charge in [0.2, 0.25) is 0 Å². The molecule has 0 saturated heterocycles. The summed E-state index contributed by atoms with van der Waals surface area (Å²) in [5.41, 5.74) is 0.960. The van der Waals surface area contributed by atoms with Gasteiger partial charge >= 0.3 is 0 Å². The number of carbonyl (C=O) groups excluding carboxylic acids is 1. The third kappa shape index (κ3) is 2.67. The van der Waals surface area contributed by atoms with Crippen LogP contribution >= 0.6 is 0 Å². The summed E-state index contributed by atoms with van der Waals surface area (Å²) in [4.78, 5) is 20.0. The van der Waals surface area contributed by atoms with Gasteiger partial charge in [0.15, 0.2) is 0 Å². The molecular weight excluding hydrogens is 266 g/mol. The van der Waals surface area contributed by atoms with Crippen LogP contribution in [0.1, 0.15) is 16.1 Å². The lowest BCUT2D eigenvalue weighted by Crippen LogP contribution is -2.23. The summed E-state index contributed by atoms with van der Waals surface area (Å²) < 4.78 is 0. The maximum atomic E-state index is 12.2. The van der Waals surface area contributed by atoms with Gasteiger partial charge < -0.3 is 10.4 Å². The number of carbonyl (C=O) groups is 1. The molecule has 1 amide bonds. The van der Waals surface area contributed by atoms with Crippen LogP contribution in [0.25, 0.3) is 10.8 Å². The molecule has 0 radical (unpaired) electrons. The van der Waals surface area contributed by atoms with Crippen molar-refractivity contribution in [2.75, 3.05) is 0 Å². The second kappa shape index (κ2) is 5.58. The average molecular weight is 279 g/mol. The zero-order valence-corrected chi connectivity index (χ0v) is 11.2. The fourth-order valence-corrected chi connectivity index (χ4v) is 2.13. The second-order valence-electron chi connectivity index (χ2n) is 4.57. The molecule has 1 heterocycles. The number of hydrogen-bond donors (Lipinski definition) is 2. The standard InChI is InChI=1S/C16H13N3O2/c20-15-13-4-2-1-3-11(13)5-6-14(15)16(21)18-9-12-7-8-17-10-19-12/h1-8,10,20H,9H2,(H,18,21). The molecule has 0 fully saturated rings. The van der Waals surface area contributed by atoms with Gasteiger partial charge in [0.05, 0.1) is 17.8 Å². The highest BCUT2D eigenvalue weighted by molar-refractivity contribution is 6.03. The van der Waals surface area contributed by atoms with Crippen LogP contribution < -0.4 is 5.32 Å². The molecule has 3 aromatic rings. The molecule has 21 heavy (non-hydrogen) atoms. The molecule has 2 N–H and O–H groups in total. The van der Waals surface area contributed by atoms with E-state index in [1.165, 1.54) is 6.33 Å². The molecule has 0 spiro atoms. The first kappa shape index (κ1) is 13.1. The lowest BCUT2D eigenvalue weighted by molar-refractivity contribution is 0.0948. The Bertz CT molecular complexity index is 788. The Kier molecular flexibility index (Phi) is 3.47. The highest BCUT2D eigenvalue weighted by Gasteiger charge is 2.13. The average Bonchev–Trinajstić information content (AvgIpc) is 2.54. The highest BCUT2D eigenvalue weighted by atomic mass is 16.3.